The van der Waals surface area contributed by atoms with Crippen molar-refractivity contribution in [3.8, 4) is 5.75 Å². The molecule has 2 atom stereocenters. The van der Waals surface area contributed by atoms with Crippen molar-refractivity contribution in [1.82, 2.24) is 5.32 Å². The standard InChI is InChI=1S/C21H25NO2/c1-4-15-9-11-16(12-10-15)20(14(2)3)22-21(23)19-13-17-7-5-6-8-18(17)24-19/h5-12,14,19-20H,4,13H2,1-3H3,(H,22,23). The quantitative estimate of drug-likeness (QED) is 0.901. The highest BCUT2D eigenvalue weighted by Gasteiger charge is 2.31. The van der Waals surface area contributed by atoms with E-state index in [9.17, 15) is 4.79 Å². The van der Waals surface area contributed by atoms with Crippen molar-refractivity contribution in [1.29, 1.82) is 0 Å². The highest BCUT2D eigenvalue weighted by Crippen LogP contribution is 2.29. The number of ether oxygens (including phenoxy) is 1. The van der Waals surface area contributed by atoms with E-state index in [-0.39, 0.29) is 11.9 Å². The molecule has 2 aromatic carbocycles. The normalized spacial score (nSPS) is 17.2. The van der Waals surface area contributed by atoms with Crippen LogP contribution in [0.25, 0.3) is 0 Å². The second kappa shape index (κ2) is 7.08. The molecule has 1 aliphatic heterocycles. The summed E-state index contributed by atoms with van der Waals surface area (Å²) in [5.41, 5.74) is 3.55. The Morgan fingerprint density at radius 1 is 1.17 bits per heavy atom. The van der Waals surface area contributed by atoms with Crippen molar-refractivity contribution in [3.63, 3.8) is 0 Å². The Kier molecular flexibility index (Phi) is 4.89. The number of benzene rings is 2. The highest BCUT2D eigenvalue weighted by atomic mass is 16.5. The van der Waals surface area contributed by atoms with E-state index >= 15 is 0 Å². The number of fused-ring (bicyclic) bond motifs is 1. The van der Waals surface area contributed by atoms with Crippen molar-refractivity contribution < 1.29 is 9.53 Å². The number of nitrogens with one attached hydrogen (secondary N) is 1. The molecule has 0 bridgehead atoms. The van der Waals surface area contributed by atoms with Crippen LogP contribution in [0.3, 0.4) is 0 Å². The minimum Gasteiger partial charge on any atom is -0.480 e. The van der Waals surface area contributed by atoms with Gasteiger partial charge in [0.2, 0.25) is 0 Å². The number of para-hydroxylation sites is 1. The van der Waals surface area contributed by atoms with Crippen LogP contribution in [-0.2, 0) is 17.6 Å². The number of amides is 1. The highest BCUT2D eigenvalue weighted by molar-refractivity contribution is 5.83. The van der Waals surface area contributed by atoms with Gasteiger partial charge in [0.1, 0.15) is 5.75 Å². The summed E-state index contributed by atoms with van der Waals surface area (Å²) in [5, 5.41) is 3.18. The van der Waals surface area contributed by atoms with Crippen molar-refractivity contribution >= 4 is 5.91 Å². The second-order valence-electron chi connectivity index (χ2n) is 6.74. The Bertz CT molecular complexity index is 681. The van der Waals surface area contributed by atoms with Crippen molar-refractivity contribution in [3.05, 3.63) is 65.2 Å². The first kappa shape index (κ1) is 16.6. The van der Waals surface area contributed by atoms with E-state index in [4.69, 9.17) is 4.74 Å². The molecule has 2 aromatic rings. The summed E-state index contributed by atoms with van der Waals surface area (Å²) in [4.78, 5) is 12.7. The molecule has 0 saturated heterocycles. The lowest BCUT2D eigenvalue weighted by atomic mass is 9.94. The average Bonchev–Trinajstić information content (AvgIpc) is 3.03. The summed E-state index contributed by atoms with van der Waals surface area (Å²) in [5.74, 6) is 1.10. The Balaban J connectivity index is 1.71. The molecule has 1 heterocycles. The molecule has 1 N–H and O–H groups in total. The van der Waals surface area contributed by atoms with Gasteiger partial charge in [-0.2, -0.15) is 0 Å². The molecule has 126 valence electrons. The third kappa shape index (κ3) is 3.45. The van der Waals surface area contributed by atoms with Crippen molar-refractivity contribution in [2.75, 3.05) is 0 Å². The Morgan fingerprint density at radius 2 is 1.88 bits per heavy atom. The Hall–Kier alpha value is -2.29. The maximum absolute atomic E-state index is 12.7. The number of carbonyl (C=O) groups excluding carboxylic acids is 1. The lowest BCUT2D eigenvalue weighted by Crippen LogP contribution is -2.41. The van der Waals surface area contributed by atoms with Crippen LogP contribution in [0.1, 0.15) is 43.5 Å². The van der Waals surface area contributed by atoms with E-state index in [2.05, 4.69) is 50.4 Å². The Labute approximate surface area is 144 Å². The predicted octanol–water partition coefficient (Wildman–Crippen LogP) is 4.07. The molecule has 24 heavy (non-hydrogen) atoms. The van der Waals surface area contributed by atoms with Crippen LogP contribution in [0.15, 0.2) is 48.5 Å². The molecule has 1 amide bonds. The van der Waals surface area contributed by atoms with Gasteiger partial charge >= 0.3 is 0 Å². The number of carbonyl (C=O) groups is 1. The molecule has 3 heteroatoms. The topological polar surface area (TPSA) is 38.3 Å². The summed E-state index contributed by atoms with van der Waals surface area (Å²) in [6, 6.07) is 16.4. The molecule has 0 fully saturated rings. The van der Waals surface area contributed by atoms with Crippen LogP contribution in [0.4, 0.5) is 0 Å². The van der Waals surface area contributed by atoms with E-state index in [1.54, 1.807) is 0 Å². The first-order valence-electron chi connectivity index (χ1n) is 8.72. The number of rotatable bonds is 5. The minimum atomic E-state index is -0.432. The van der Waals surface area contributed by atoms with Gasteiger partial charge in [-0.25, -0.2) is 0 Å². The molecule has 2 unspecified atom stereocenters. The summed E-state index contributed by atoms with van der Waals surface area (Å²) >= 11 is 0. The van der Waals surface area contributed by atoms with Gasteiger partial charge < -0.3 is 10.1 Å². The monoisotopic (exact) mass is 323 g/mol. The minimum absolute atomic E-state index is 0.00396. The molecule has 3 nitrogen and oxygen atoms in total. The summed E-state index contributed by atoms with van der Waals surface area (Å²) in [7, 11) is 0. The predicted molar refractivity (Wildman–Crippen MR) is 96.1 cm³/mol. The van der Waals surface area contributed by atoms with Gasteiger partial charge in [-0.1, -0.05) is 63.2 Å². The SMILES string of the molecule is CCc1ccc(C(NC(=O)C2Cc3ccccc3O2)C(C)C)cc1. The number of hydrogen-bond acceptors (Lipinski definition) is 2. The third-order valence-electron chi connectivity index (χ3n) is 4.65. The summed E-state index contributed by atoms with van der Waals surface area (Å²) in [6.45, 7) is 6.40. The Morgan fingerprint density at radius 3 is 2.50 bits per heavy atom. The molecule has 0 radical (unpaired) electrons. The smallest absolute Gasteiger partial charge is 0.261 e. The van der Waals surface area contributed by atoms with Crippen LogP contribution < -0.4 is 10.1 Å². The van der Waals surface area contributed by atoms with E-state index in [0.29, 0.717) is 12.3 Å². The second-order valence-corrected chi connectivity index (χ2v) is 6.74. The lowest BCUT2D eigenvalue weighted by Gasteiger charge is -2.24. The lowest BCUT2D eigenvalue weighted by molar-refractivity contribution is -0.128. The first-order valence-corrected chi connectivity index (χ1v) is 8.72. The van der Waals surface area contributed by atoms with Gasteiger partial charge in [0.15, 0.2) is 6.10 Å². The van der Waals surface area contributed by atoms with Crippen molar-refractivity contribution in [2.24, 2.45) is 5.92 Å². The van der Waals surface area contributed by atoms with E-state index in [0.717, 1.165) is 23.3 Å². The maximum Gasteiger partial charge on any atom is 0.261 e. The van der Waals surface area contributed by atoms with E-state index < -0.39 is 6.10 Å². The van der Waals surface area contributed by atoms with Gasteiger partial charge in [0, 0.05) is 6.42 Å². The van der Waals surface area contributed by atoms with E-state index in [1.165, 1.54) is 5.56 Å². The molecular formula is C21H25NO2. The third-order valence-corrected chi connectivity index (χ3v) is 4.65. The van der Waals surface area contributed by atoms with Crippen LogP contribution in [0, 0.1) is 5.92 Å². The van der Waals surface area contributed by atoms with Gasteiger partial charge in [-0.15, -0.1) is 0 Å². The van der Waals surface area contributed by atoms with Gasteiger partial charge in [-0.05, 0) is 35.1 Å². The number of hydrogen-bond donors (Lipinski definition) is 1. The first-order chi connectivity index (χ1) is 11.6. The van der Waals surface area contributed by atoms with Crippen molar-refractivity contribution in [2.45, 2.75) is 45.8 Å². The molecule has 0 saturated carbocycles. The maximum atomic E-state index is 12.7. The van der Waals surface area contributed by atoms with Crippen LogP contribution >= 0.6 is 0 Å². The van der Waals surface area contributed by atoms with Crippen LogP contribution in [-0.4, -0.2) is 12.0 Å². The fraction of sp³-hybridized carbons (Fsp3) is 0.381. The molecular weight excluding hydrogens is 298 g/mol. The average molecular weight is 323 g/mol. The molecule has 3 rings (SSSR count). The van der Waals surface area contributed by atoms with Gasteiger partial charge in [0.05, 0.1) is 6.04 Å². The molecule has 0 aromatic heterocycles. The number of aryl methyl sites for hydroxylation is 1. The zero-order chi connectivity index (χ0) is 17.1. The fourth-order valence-corrected chi connectivity index (χ4v) is 3.17. The molecule has 0 spiro atoms. The van der Waals surface area contributed by atoms with Crippen LogP contribution in [0.2, 0.25) is 0 Å². The van der Waals surface area contributed by atoms with Crippen LogP contribution in [0.5, 0.6) is 5.75 Å². The summed E-state index contributed by atoms with van der Waals surface area (Å²) < 4.78 is 5.81. The zero-order valence-electron chi connectivity index (χ0n) is 14.6. The fourth-order valence-electron chi connectivity index (χ4n) is 3.17. The zero-order valence-corrected chi connectivity index (χ0v) is 14.6. The van der Waals surface area contributed by atoms with Gasteiger partial charge in [0.25, 0.3) is 5.91 Å². The largest absolute Gasteiger partial charge is 0.480 e. The van der Waals surface area contributed by atoms with Gasteiger partial charge in [-0.3, -0.25) is 4.79 Å². The summed E-state index contributed by atoms with van der Waals surface area (Å²) in [6.07, 6.45) is 1.23. The molecule has 1 aliphatic rings. The molecule has 0 aliphatic carbocycles. The van der Waals surface area contributed by atoms with E-state index in [1.807, 2.05) is 24.3 Å².